The zero-order valence-electron chi connectivity index (χ0n) is 14.4. The third-order valence-corrected chi connectivity index (χ3v) is 3.74. The molecular formula is C17H20N4O4. The number of benzene rings is 1. The van der Waals surface area contributed by atoms with E-state index in [1.807, 2.05) is 33.0 Å². The van der Waals surface area contributed by atoms with Crippen molar-refractivity contribution in [2.45, 2.75) is 46.0 Å². The molecule has 2 heterocycles. The maximum absolute atomic E-state index is 12.1. The first-order valence-corrected chi connectivity index (χ1v) is 7.98. The number of nitro groups is 1. The second-order valence-corrected chi connectivity index (χ2v) is 7.06. The highest BCUT2D eigenvalue weighted by Gasteiger charge is 2.29. The molecule has 0 radical (unpaired) electrons. The highest BCUT2D eigenvalue weighted by molar-refractivity contribution is 5.69. The molecule has 8 nitrogen and oxygen atoms in total. The Hall–Kier alpha value is -2.90. The van der Waals surface area contributed by atoms with E-state index >= 15 is 0 Å². The molecule has 0 unspecified atom stereocenters. The van der Waals surface area contributed by atoms with E-state index < -0.39 is 10.5 Å². The first-order chi connectivity index (χ1) is 11.7. The summed E-state index contributed by atoms with van der Waals surface area (Å²) in [5, 5.41) is 15.3. The van der Waals surface area contributed by atoms with E-state index in [0.717, 1.165) is 16.8 Å². The van der Waals surface area contributed by atoms with Gasteiger partial charge < -0.3 is 4.74 Å². The van der Waals surface area contributed by atoms with Gasteiger partial charge in [0.1, 0.15) is 5.60 Å². The Kier molecular flexibility index (Phi) is 4.20. The SMILES string of the molecule is CC(C)(C)OC(=O)N1Cc2cn(Cc3cccc([N+](=O)[O-])c3)nc2C1. The molecule has 1 aromatic heterocycles. The van der Waals surface area contributed by atoms with Crippen LogP contribution in [-0.2, 0) is 24.4 Å². The van der Waals surface area contributed by atoms with Gasteiger partial charge in [0.05, 0.1) is 30.3 Å². The molecule has 2 aromatic rings. The third kappa shape index (κ3) is 3.96. The predicted molar refractivity (Wildman–Crippen MR) is 89.9 cm³/mol. The van der Waals surface area contributed by atoms with Gasteiger partial charge >= 0.3 is 6.09 Å². The number of nitrogens with zero attached hydrogens (tertiary/aromatic N) is 4. The number of aromatic nitrogens is 2. The van der Waals surface area contributed by atoms with Gasteiger partial charge in [0.15, 0.2) is 0 Å². The van der Waals surface area contributed by atoms with Crippen molar-refractivity contribution in [2.75, 3.05) is 0 Å². The van der Waals surface area contributed by atoms with Gasteiger partial charge in [0.2, 0.25) is 0 Å². The van der Waals surface area contributed by atoms with Crippen LogP contribution < -0.4 is 0 Å². The van der Waals surface area contributed by atoms with Gasteiger partial charge in [0.25, 0.3) is 5.69 Å². The minimum Gasteiger partial charge on any atom is -0.444 e. The lowest BCUT2D eigenvalue weighted by Gasteiger charge is -2.24. The van der Waals surface area contributed by atoms with Crippen LogP contribution in [0.5, 0.6) is 0 Å². The van der Waals surface area contributed by atoms with Gasteiger partial charge in [-0.15, -0.1) is 0 Å². The number of ether oxygens (including phenoxy) is 1. The van der Waals surface area contributed by atoms with Crippen molar-refractivity contribution in [2.24, 2.45) is 0 Å². The van der Waals surface area contributed by atoms with Gasteiger partial charge in [-0.05, 0) is 26.3 Å². The summed E-state index contributed by atoms with van der Waals surface area (Å²) in [5.74, 6) is 0. The third-order valence-electron chi connectivity index (χ3n) is 3.74. The first-order valence-electron chi connectivity index (χ1n) is 7.98. The molecule has 1 aliphatic heterocycles. The molecule has 0 saturated heterocycles. The Morgan fingerprint density at radius 3 is 2.76 bits per heavy atom. The molecule has 3 rings (SSSR count). The number of hydrogen-bond donors (Lipinski definition) is 0. The number of non-ortho nitro benzene ring substituents is 1. The molecule has 132 valence electrons. The summed E-state index contributed by atoms with van der Waals surface area (Å²) in [4.78, 5) is 24.2. The molecule has 1 amide bonds. The Bertz CT molecular complexity index is 799. The molecule has 0 bridgehead atoms. The normalized spacial score (nSPS) is 13.6. The fraction of sp³-hybridized carbons (Fsp3) is 0.412. The smallest absolute Gasteiger partial charge is 0.410 e. The Balaban J connectivity index is 1.67. The highest BCUT2D eigenvalue weighted by atomic mass is 16.6. The van der Waals surface area contributed by atoms with E-state index in [-0.39, 0.29) is 11.8 Å². The molecule has 8 heteroatoms. The van der Waals surface area contributed by atoms with Gasteiger partial charge in [-0.3, -0.25) is 19.7 Å². The maximum atomic E-state index is 12.1. The zero-order chi connectivity index (χ0) is 18.2. The van der Waals surface area contributed by atoms with Crippen LogP contribution in [-0.4, -0.2) is 31.3 Å². The number of carbonyl (C=O) groups excluding carboxylic acids is 1. The fourth-order valence-corrected chi connectivity index (χ4v) is 2.70. The number of rotatable bonds is 3. The van der Waals surface area contributed by atoms with Gasteiger partial charge in [0, 0.05) is 23.9 Å². The van der Waals surface area contributed by atoms with E-state index in [2.05, 4.69) is 5.10 Å². The summed E-state index contributed by atoms with van der Waals surface area (Å²) in [6.45, 7) is 6.81. The van der Waals surface area contributed by atoms with Crippen LogP contribution in [0.4, 0.5) is 10.5 Å². The standard InChI is InChI=1S/C17H20N4O4/c1-17(2,3)25-16(22)19-9-13-10-20(18-15(13)11-19)8-12-5-4-6-14(7-12)21(23)24/h4-7,10H,8-9,11H2,1-3H3. The van der Waals surface area contributed by atoms with Crippen molar-refractivity contribution in [3.8, 4) is 0 Å². The number of hydrogen-bond acceptors (Lipinski definition) is 5. The van der Waals surface area contributed by atoms with Crippen molar-refractivity contribution >= 4 is 11.8 Å². The predicted octanol–water partition coefficient (Wildman–Crippen LogP) is 3.09. The minimum absolute atomic E-state index is 0.0632. The molecular weight excluding hydrogens is 324 g/mol. The largest absolute Gasteiger partial charge is 0.444 e. The van der Waals surface area contributed by atoms with Crippen LogP contribution in [0.1, 0.15) is 37.6 Å². The molecule has 0 fully saturated rings. The first kappa shape index (κ1) is 16.9. The lowest BCUT2D eigenvalue weighted by Crippen LogP contribution is -2.33. The second kappa shape index (κ2) is 6.19. The quantitative estimate of drug-likeness (QED) is 0.630. The molecule has 0 saturated carbocycles. The second-order valence-electron chi connectivity index (χ2n) is 7.06. The van der Waals surface area contributed by atoms with E-state index in [4.69, 9.17) is 4.74 Å². The van der Waals surface area contributed by atoms with E-state index in [1.165, 1.54) is 6.07 Å². The topological polar surface area (TPSA) is 90.5 Å². The van der Waals surface area contributed by atoms with E-state index in [9.17, 15) is 14.9 Å². The van der Waals surface area contributed by atoms with Crippen LogP contribution >= 0.6 is 0 Å². The van der Waals surface area contributed by atoms with Gasteiger partial charge in [-0.25, -0.2) is 4.79 Å². The lowest BCUT2D eigenvalue weighted by atomic mass is 10.2. The van der Waals surface area contributed by atoms with Crippen molar-refractivity contribution in [1.82, 2.24) is 14.7 Å². The monoisotopic (exact) mass is 344 g/mol. The summed E-state index contributed by atoms with van der Waals surface area (Å²) in [7, 11) is 0. The molecule has 0 N–H and O–H groups in total. The molecule has 0 aliphatic carbocycles. The average molecular weight is 344 g/mol. The van der Waals surface area contributed by atoms with Crippen molar-refractivity contribution in [1.29, 1.82) is 0 Å². The lowest BCUT2D eigenvalue weighted by molar-refractivity contribution is -0.384. The molecule has 0 atom stereocenters. The number of fused-ring (bicyclic) bond motifs is 1. The summed E-state index contributed by atoms with van der Waals surface area (Å²) in [5.41, 5.74) is 2.14. The van der Waals surface area contributed by atoms with E-state index in [1.54, 1.807) is 21.7 Å². The average Bonchev–Trinajstić information content (AvgIpc) is 3.04. The Labute approximate surface area is 145 Å². The van der Waals surface area contributed by atoms with Crippen molar-refractivity contribution in [3.05, 3.63) is 57.4 Å². The zero-order valence-corrected chi connectivity index (χ0v) is 14.4. The summed E-state index contributed by atoms with van der Waals surface area (Å²) in [6.07, 6.45) is 1.52. The molecule has 25 heavy (non-hydrogen) atoms. The van der Waals surface area contributed by atoms with Crippen molar-refractivity contribution < 1.29 is 14.5 Å². The highest BCUT2D eigenvalue weighted by Crippen LogP contribution is 2.24. The Morgan fingerprint density at radius 2 is 2.12 bits per heavy atom. The minimum atomic E-state index is -0.529. The van der Waals surface area contributed by atoms with Crippen LogP contribution in [0, 0.1) is 10.1 Å². The van der Waals surface area contributed by atoms with Crippen LogP contribution in [0.15, 0.2) is 30.5 Å². The van der Waals surface area contributed by atoms with Gasteiger partial charge in [-0.1, -0.05) is 12.1 Å². The van der Waals surface area contributed by atoms with Crippen molar-refractivity contribution in [3.63, 3.8) is 0 Å². The summed E-state index contributed by atoms with van der Waals surface area (Å²) < 4.78 is 7.12. The van der Waals surface area contributed by atoms with Crippen LogP contribution in [0.25, 0.3) is 0 Å². The number of carbonyl (C=O) groups is 1. The molecule has 1 aromatic carbocycles. The van der Waals surface area contributed by atoms with Gasteiger partial charge in [-0.2, -0.15) is 5.10 Å². The summed E-state index contributed by atoms with van der Waals surface area (Å²) >= 11 is 0. The fourth-order valence-electron chi connectivity index (χ4n) is 2.70. The van der Waals surface area contributed by atoms with E-state index in [0.29, 0.717) is 19.6 Å². The Morgan fingerprint density at radius 1 is 1.36 bits per heavy atom. The molecule has 0 spiro atoms. The summed E-state index contributed by atoms with van der Waals surface area (Å²) in [6, 6.07) is 6.49. The molecule has 1 aliphatic rings. The number of amides is 1. The van der Waals surface area contributed by atoms with Crippen LogP contribution in [0.2, 0.25) is 0 Å². The van der Waals surface area contributed by atoms with Crippen LogP contribution in [0.3, 0.4) is 0 Å². The number of nitro benzene ring substituents is 1. The maximum Gasteiger partial charge on any atom is 0.410 e.